The van der Waals surface area contributed by atoms with Crippen molar-refractivity contribution in [3.63, 3.8) is 0 Å². The first kappa shape index (κ1) is 20.6. The molecule has 3 heterocycles. The number of methoxy groups -OCH3 is 1. The molecule has 0 radical (unpaired) electrons. The molecule has 0 aliphatic heterocycles. The minimum absolute atomic E-state index is 0.146. The molecule has 1 amide bonds. The van der Waals surface area contributed by atoms with Crippen molar-refractivity contribution < 1.29 is 9.53 Å². The first-order chi connectivity index (χ1) is 15.1. The van der Waals surface area contributed by atoms with E-state index in [0.29, 0.717) is 16.7 Å². The van der Waals surface area contributed by atoms with Crippen molar-refractivity contribution >= 4 is 23.4 Å². The molecule has 0 saturated carbocycles. The molecule has 158 valence electrons. The number of thioether (sulfide) groups is 1. The van der Waals surface area contributed by atoms with E-state index in [4.69, 9.17) is 4.74 Å². The Morgan fingerprint density at radius 1 is 1.13 bits per heavy atom. The zero-order valence-corrected chi connectivity index (χ0v) is 18.1. The number of ether oxygens (including phenoxy) is 1. The number of aromatic amines is 1. The van der Waals surface area contributed by atoms with E-state index in [1.165, 1.54) is 11.8 Å². The number of aryl methyl sites for hydroxylation is 2. The van der Waals surface area contributed by atoms with E-state index >= 15 is 0 Å². The van der Waals surface area contributed by atoms with Crippen molar-refractivity contribution in [2.24, 2.45) is 0 Å². The molecule has 9 nitrogen and oxygen atoms in total. The first-order valence-corrected chi connectivity index (χ1v) is 10.5. The van der Waals surface area contributed by atoms with E-state index in [1.807, 2.05) is 54.8 Å². The second-order valence-electron chi connectivity index (χ2n) is 6.72. The smallest absolute Gasteiger partial charge is 0.234 e. The zero-order chi connectivity index (χ0) is 21.8. The predicted octanol–water partition coefficient (Wildman–Crippen LogP) is 3.41. The normalized spacial score (nSPS) is 10.8. The number of anilines is 1. The highest BCUT2D eigenvalue weighted by molar-refractivity contribution is 7.99. The maximum Gasteiger partial charge on any atom is 0.234 e. The van der Waals surface area contributed by atoms with Crippen LogP contribution in [0.4, 0.5) is 5.69 Å². The maximum atomic E-state index is 12.5. The molecule has 0 saturated heterocycles. The fourth-order valence-electron chi connectivity index (χ4n) is 3.06. The Bertz CT molecular complexity index is 1170. The molecule has 0 atom stereocenters. The third-order valence-corrected chi connectivity index (χ3v) is 5.56. The summed E-state index contributed by atoms with van der Waals surface area (Å²) < 4.78 is 7.18. The van der Waals surface area contributed by atoms with Crippen LogP contribution in [0.25, 0.3) is 17.1 Å². The minimum Gasteiger partial charge on any atom is -0.497 e. The summed E-state index contributed by atoms with van der Waals surface area (Å²) in [5, 5.41) is 19.2. The quantitative estimate of drug-likeness (QED) is 0.428. The highest BCUT2D eigenvalue weighted by Crippen LogP contribution is 2.29. The predicted molar refractivity (Wildman–Crippen MR) is 119 cm³/mol. The number of pyridine rings is 1. The SMILES string of the molecule is COc1ccc(-n2c(SCC(=O)Nc3c(C)n[nH]c3C)nnc2-c2ccncc2)cc1. The molecule has 4 rings (SSSR count). The average Bonchev–Trinajstić information content (AvgIpc) is 3.37. The van der Waals surface area contributed by atoms with Gasteiger partial charge in [-0.05, 0) is 50.2 Å². The summed E-state index contributed by atoms with van der Waals surface area (Å²) in [5.74, 6) is 1.44. The number of nitrogens with one attached hydrogen (secondary N) is 2. The van der Waals surface area contributed by atoms with Crippen LogP contribution in [-0.2, 0) is 4.79 Å². The molecule has 0 unspecified atom stereocenters. The first-order valence-electron chi connectivity index (χ1n) is 9.51. The van der Waals surface area contributed by atoms with Gasteiger partial charge in [0.2, 0.25) is 5.91 Å². The Kier molecular flexibility index (Phi) is 5.99. The van der Waals surface area contributed by atoms with Gasteiger partial charge in [-0.2, -0.15) is 5.10 Å². The molecule has 2 N–H and O–H groups in total. The number of amides is 1. The van der Waals surface area contributed by atoms with E-state index in [2.05, 4.69) is 30.7 Å². The lowest BCUT2D eigenvalue weighted by atomic mass is 10.2. The Balaban J connectivity index is 1.61. The van der Waals surface area contributed by atoms with Crippen molar-refractivity contribution in [1.82, 2.24) is 29.9 Å². The molecular formula is C21H21N7O2S. The van der Waals surface area contributed by atoms with Crippen LogP contribution in [0.2, 0.25) is 0 Å². The number of hydrogen-bond donors (Lipinski definition) is 2. The highest BCUT2D eigenvalue weighted by atomic mass is 32.2. The van der Waals surface area contributed by atoms with Gasteiger partial charge in [0, 0.05) is 23.6 Å². The molecule has 0 spiro atoms. The number of hydrogen-bond acceptors (Lipinski definition) is 7. The van der Waals surface area contributed by atoms with Gasteiger partial charge < -0.3 is 10.1 Å². The van der Waals surface area contributed by atoms with Crippen LogP contribution in [-0.4, -0.2) is 48.7 Å². The van der Waals surface area contributed by atoms with Gasteiger partial charge in [0.05, 0.1) is 29.9 Å². The van der Waals surface area contributed by atoms with Gasteiger partial charge in [0.15, 0.2) is 11.0 Å². The van der Waals surface area contributed by atoms with Crippen molar-refractivity contribution in [3.8, 4) is 22.8 Å². The van der Waals surface area contributed by atoms with Gasteiger partial charge >= 0.3 is 0 Å². The van der Waals surface area contributed by atoms with E-state index in [0.717, 1.165) is 28.4 Å². The summed E-state index contributed by atoms with van der Waals surface area (Å²) in [5.41, 5.74) is 4.01. The van der Waals surface area contributed by atoms with Crippen LogP contribution in [0.3, 0.4) is 0 Å². The number of rotatable bonds is 7. The minimum atomic E-state index is -0.146. The highest BCUT2D eigenvalue weighted by Gasteiger charge is 2.18. The third-order valence-electron chi connectivity index (χ3n) is 4.63. The lowest BCUT2D eigenvalue weighted by Crippen LogP contribution is -2.15. The monoisotopic (exact) mass is 435 g/mol. The Morgan fingerprint density at radius 3 is 2.52 bits per heavy atom. The molecule has 1 aromatic carbocycles. The fourth-order valence-corrected chi connectivity index (χ4v) is 3.81. The second kappa shape index (κ2) is 9.00. The van der Waals surface area contributed by atoms with Gasteiger partial charge in [0.25, 0.3) is 0 Å². The Morgan fingerprint density at radius 2 is 1.87 bits per heavy atom. The largest absolute Gasteiger partial charge is 0.497 e. The summed E-state index contributed by atoms with van der Waals surface area (Å²) in [6, 6.07) is 11.3. The average molecular weight is 436 g/mol. The summed E-state index contributed by atoms with van der Waals surface area (Å²) >= 11 is 1.31. The van der Waals surface area contributed by atoms with Gasteiger partial charge in [-0.25, -0.2) is 0 Å². The number of carbonyl (C=O) groups excluding carboxylic acids is 1. The standard InChI is InChI=1S/C21H21N7O2S/c1-13-19(14(2)25-24-13)23-18(29)12-31-21-27-26-20(15-8-10-22-11-9-15)28(21)16-4-6-17(30-3)7-5-16/h4-11H,12H2,1-3H3,(H,23,29)(H,24,25). The van der Waals surface area contributed by atoms with Crippen LogP contribution in [0.15, 0.2) is 53.9 Å². The number of benzene rings is 1. The van der Waals surface area contributed by atoms with Crippen molar-refractivity contribution in [1.29, 1.82) is 0 Å². The topological polar surface area (TPSA) is 111 Å². The Hall–Kier alpha value is -3.66. The van der Waals surface area contributed by atoms with E-state index < -0.39 is 0 Å². The van der Waals surface area contributed by atoms with Gasteiger partial charge in [-0.15, -0.1) is 10.2 Å². The van der Waals surface area contributed by atoms with Gasteiger partial charge in [0.1, 0.15) is 5.75 Å². The molecule has 10 heteroatoms. The molecule has 31 heavy (non-hydrogen) atoms. The van der Waals surface area contributed by atoms with Crippen LogP contribution in [0.5, 0.6) is 5.75 Å². The van der Waals surface area contributed by atoms with Crippen LogP contribution >= 0.6 is 11.8 Å². The fraction of sp³-hybridized carbons (Fsp3) is 0.190. The summed E-state index contributed by atoms with van der Waals surface area (Å²) in [7, 11) is 1.62. The van der Waals surface area contributed by atoms with Crippen molar-refractivity contribution in [2.45, 2.75) is 19.0 Å². The van der Waals surface area contributed by atoms with Crippen molar-refractivity contribution in [3.05, 3.63) is 60.2 Å². The molecular weight excluding hydrogens is 414 g/mol. The van der Waals surface area contributed by atoms with E-state index in [-0.39, 0.29) is 11.7 Å². The van der Waals surface area contributed by atoms with Crippen molar-refractivity contribution in [2.75, 3.05) is 18.2 Å². The van der Waals surface area contributed by atoms with Crippen LogP contribution in [0.1, 0.15) is 11.4 Å². The number of H-pyrrole nitrogens is 1. The van der Waals surface area contributed by atoms with E-state index in [9.17, 15) is 4.79 Å². The van der Waals surface area contributed by atoms with Gasteiger partial charge in [-0.1, -0.05) is 11.8 Å². The molecule has 3 aromatic heterocycles. The molecule has 0 bridgehead atoms. The maximum absolute atomic E-state index is 12.5. The Labute approximate surface area is 183 Å². The number of aromatic nitrogens is 6. The van der Waals surface area contributed by atoms with Crippen LogP contribution in [0, 0.1) is 13.8 Å². The van der Waals surface area contributed by atoms with E-state index in [1.54, 1.807) is 19.5 Å². The number of nitrogens with zero attached hydrogens (tertiary/aromatic N) is 5. The van der Waals surface area contributed by atoms with Gasteiger partial charge in [-0.3, -0.25) is 19.4 Å². The third kappa shape index (κ3) is 4.43. The lowest BCUT2D eigenvalue weighted by Gasteiger charge is -2.11. The summed E-state index contributed by atoms with van der Waals surface area (Å²) in [6.07, 6.45) is 3.41. The second-order valence-corrected chi connectivity index (χ2v) is 7.66. The number of carbonyl (C=O) groups is 1. The van der Waals surface area contributed by atoms with Crippen LogP contribution < -0.4 is 10.1 Å². The molecule has 4 aromatic rings. The summed E-state index contributed by atoms with van der Waals surface area (Å²) in [6.45, 7) is 3.71. The molecule has 0 aliphatic carbocycles. The zero-order valence-electron chi connectivity index (χ0n) is 17.3. The summed E-state index contributed by atoms with van der Waals surface area (Å²) in [4.78, 5) is 16.6. The molecule has 0 fully saturated rings. The molecule has 0 aliphatic rings. The lowest BCUT2D eigenvalue weighted by molar-refractivity contribution is -0.113.